The Kier molecular flexibility index (Phi) is 6.94. The van der Waals surface area contributed by atoms with Crippen LogP contribution in [0.15, 0.2) is 164 Å². The van der Waals surface area contributed by atoms with Crippen LogP contribution in [0.4, 0.5) is 0 Å². The molecule has 0 aliphatic heterocycles. The third kappa shape index (κ3) is 5.06. The van der Waals surface area contributed by atoms with Gasteiger partial charge in [-0.15, -0.1) is 0 Å². The number of aromatic nitrogens is 3. The summed E-state index contributed by atoms with van der Waals surface area (Å²) < 4.78 is 0. The second kappa shape index (κ2) is 11.9. The summed E-state index contributed by atoms with van der Waals surface area (Å²) in [6.45, 7) is 0. The standard InChI is InChI=1S/C45H31N3/c1-2-10-30(11-3-1)31-19-21-32(22-20-31)43-28-44(34-13-8-12-33(26-34)36-14-9-25-46-29-36)48-45(47-43)35-23-24-41-39-17-5-4-15-37(39)38-16-6-7-18-40(38)42(41)27-35/h2,4-29H,1,3H2. The molecule has 0 spiro atoms. The van der Waals surface area contributed by atoms with Crippen molar-refractivity contribution in [3.05, 3.63) is 170 Å². The predicted octanol–water partition coefficient (Wildman–Crippen LogP) is 11.7. The minimum atomic E-state index is 0.704. The lowest BCUT2D eigenvalue weighted by atomic mass is 9.93. The zero-order chi connectivity index (χ0) is 31.9. The minimum Gasteiger partial charge on any atom is -0.264 e. The molecule has 3 nitrogen and oxygen atoms in total. The van der Waals surface area contributed by atoms with Gasteiger partial charge in [-0.1, -0.05) is 127 Å². The first-order valence-electron chi connectivity index (χ1n) is 16.5. The summed E-state index contributed by atoms with van der Waals surface area (Å²) in [5.41, 5.74) is 9.53. The lowest BCUT2D eigenvalue weighted by Gasteiger charge is -2.13. The van der Waals surface area contributed by atoms with E-state index < -0.39 is 0 Å². The van der Waals surface area contributed by atoms with Crippen LogP contribution in [0.3, 0.4) is 0 Å². The van der Waals surface area contributed by atoms with E-state index in [-0.39, 0.29) is 0 Å². The Morgan fingerprint density at radius 1 is 0.417 bits per heavy atom. The number of benzene rings is 6. The molecule has 6 aromatic carbocycles. The topological polar surface area (TPSA) is 38.7 Å². The van der Waals surface area contributed by atoms with Gasteiger partial charge in [-0.3, -0.25) is 4.98 Å². The van der Waals surface area contributed by atoms with E-state index in [4.69, 9.17) is 9.97 Å². The fourth-order valence-electron chi connectivity index (χ4n) is 6.97. The first-order chi connectivity index (χ1) is 23.8. The number of hydrogen-bond donors (Lipinski definition) is 0. The summed E-state index contributed by atoms with van der Waals surface area (Å²) in [6, 6.07) is 47.5. The summed E-state index contributed by atoms with van der Waals surface area (Å²) in [5.74, 6) is 0.704. The van der Waals surface area contributed by atoms with Gasteiger partial charge in [0.1, 0.15) is 0 Å². The van der Waals surface area contributed by atoms with E-state index in [1.54, 1.807) is 6.20 Å². The maximum Gasteiger partial charge on any atom is 0.160 e. The quantitative estimate of drug-likeness (QED) is 0.181. The zero-order valence-corrected chi connectivity index (χ0v) is 26.3. The Morgan fingerprint density at radius 3 is 1.73 bits per heavy atom. The van der Waals surface area contributed by atoms with Crippen molar-refractivity contribution in [3.8, 4) is 45.0 Å². The Labute approximate surface area is 279 Å². The van der Waals surface area contributed by atoms with Gasteiger partial charge in [-0.05, 0) is 86.1 Å². The third-order valence-corrected chi connectivity index (χ3v) is 9.39. The smallest absolute Gasteiger partial charge is 0.160 e. The highest BCUT2D eigenvalue weighted by atomic mass is 14.9. The summed E-state index contributed by atoms with van der Waals surface area (Å²) >= 11 is 0. The molecule has 0 saturated heterocycles. The number of rotatable bonds is 5. The van der Waals surface area contributed by atoms with E-state index in [2.05, 4.69) is 151 Å². The molecule has 0 saturated carbocycles. The van der Waals surface area contributed by atoms with Crippen molar-refractivity contribution in [3.63, 3.8) is 0 Å². The highest BCUT2D eigenvalue weighted by molar-refractivity contribution is 6.25. The maximum absolute atomic E-state index is 5.23. The van der Waals surface area contributed by atoms with Crippen molar-refractivity contribution < 1.29 is 0 Å². The highest BCUT2D eigenvalue weighted by Gasteiger charge is 2.15. The van der Waals surface area contributed by atoms with Crippen LogP contribution in [-0.2, 0) is 0 Å². The van der Waals surface area contributed by atoms with Crippen molar-refractivity contribution in [1.29, 1.82) is 0 Å². The number of allylic oxidation sites excluding steroid dienone is 4. The lowest BCUT2D eigenvalue weighted by Crippen LogP contribution is -1.97. The molecule has 8 aromatic rings. The fourth-order valence-corrected chi connectivity index (χ4v) is 6.97. The van der Waals surface area contributed by atoms with Gasteiger partial charge in [0.2, 0.25) is 0 Å². The van der Waals surface area contributed by atoms with Crippen LogP contribution in [0.2, 0.25) is 0 Å². The number of fused-ring (bicyclic) bond motifs is 6. The van der Waals surface area contributed by atoms with Crippen LogP contribution < -0.4 is 0 Å². The molecule has 226 valence electrons. The predicted molar refractivity (Wildman–Crippen MR) is 200 cm³/mol. The van der Waals surface area contributed by atoms with Crippen molar-refractivity contribution in [2.24, 2.45) is 0 Å². The molecule has 0 radical (unpaired) electrons. The van der Waals surface area contributed by atoms with Gasteiger partial charge >= 0.3 is 0 Å². The number of pyridine rings is 1. The molecular weight excluding hydrogens is 583 g/mol. The summed E-state index contributed by atoms with van der Waals surface area (Å²) in [7, 11) is 0. The van der Waals surface area contributed by atoms with E-state index in [1.165, 1.54) is 43.5 Å². The molecule has 0 amide bonds. The minimum absolute atomic E-state index is 0.704. The highest BCUT2D eigenvalue weighted by Crippen LogP contribution is 2.38. The third-order valence-electron chi connectivity index (χ3n) is 9.39. The molecule has 1 aliphatic carbocycles. The second-order valence-corrected chi connectivity index (χ2v) is 12.4. The van der Waals surface area contributed by atoms with Gasteiger partial charge < -0.3 is 0 Å². The molecule has 0 bridgehead atoms. The Hall–Kier alpha value is -6.19. The monoisotopic (exact) mass is 613 g/mol. The SMILES string of the molecule is C1=CC(c2ccc(-c3cc(-c4cccc(-c5cccnc5)c4)nc(-c4ccc5c6ccccc6c6ccccc6c5c4)n3)cc2)=CCC1. The summed E-state index contributed by atoms with van der Waals surface area (Å²) in [6.07, 6.45) is 12.7. The maximum atomic E-state index is 5.23. The van der Waals surface area contributed by atoms with Crippen molar-refractivity contribution in [2.45, 2.75) is 12.8 Å². The van der Waals surface area contributed by atoms with Crippen LogP contribution in [0.25, 0.3) is 82.9 Å². The molecule has 0 unspecified atom stereocenters. The van der Waals surface area contributed by atoms with E-state index in [9.17, 15) is 0 Å². The van der Waals surface area contributed by atoms with E-state index in [1.807, 2.05) is 12.3 Å². The molecule has 9 rings (SSSR count). The lowest BCUT2D eigenvalue weighted by molar-refractivity contribution is 1.04. The van der Waals surface area contributed by atoms with Crippen molar-refractivity contribution >= 4 is 37.9 Å². The molecule has 0 fully saturated rings. The van der Waals surface area contributed by atoms with Gasteiger partial charge in [0, 0.05) is 34.6 Å². The summed E-state index contributed by atoms with van der Waals surface area (Å²) in [4.78, 5) is 14.8. The van der Waals surface area contributed by atoms with Crippen LogP contribution in [0, 0.1) is 0 Å². The van der Waals surface area contributed by atoms with Gasteiger partial charge in [0.25, 0.3) is 0 Å². The van der Waals surface area contributed by atoms with Crippen molar-refractivity contribution in [1.82, 2.24) is 15.0 Å². The molecule has 48 heavy (non-hydrogen) atoms. The molecule has 0 atom stereocenters. The second-order valence-electron chi connectivity index (χ2n) is 12.4. The van der Waals surface area contributed by atoms with Gasteiger partial charge in [-0.2, -0.15) is 0 Å². The molecule has 1 aliphatic rings. The normalized spacial score (nSPS) is 12.9. The number of nitrogens with zero attached hydrogens (tertiary/aromatic N) is 3. The fraction of sp³-hybridized carbons (Fsp3) is 0.0444. The van der Waals surface area contributed by atoms with Crippen LogP contribution in [0.1, 0.15) is 18.4 Å². The molecule has 2 heterocycles. The average molecular weight is 614 g/mol. The van der Waals surface area contributed by atoms with E-state index in [0.717, 1.165) is 52.0 Å². The summed E-state index contributed by atoms with van der Waals surface area (Å²) in [5, 5.41) is 7.44. The Bertz CT molecular complexity index is 2510. The number of hydrogen-bond acceptors (Lipinski definition) is 3. The zero-order valence-electron chi connectivity index (χ0n) is 26.3. The van der Waals surface area contributed by atoms with E-state index in [0.29, 0.717) is 5.82 Å². The first-order valence-corrected chi connectivity index (χ1v) is 16.5. The average Bonchev–Trinajstić information content (AvgIpc) is 3.18. The molecular formula is C45H31N3. The largest absolute Gasteiger partial charge is 0.264 e. The Morgan fingerprint density at radius 2 is 1.04 bits per heavy atom. The van der Waals surface area contributed by atoms with Crippen LogP contribution >= 0.6 is 0 Å². The van der Waals surface area contributed by atoms with Gasteiger partial charge in [-0.25, -0.2) is 9.97 Å². The first kappa shape index (κ1) is 28.1. The van der Waals surface area contributed by atoms with Gasteiger partial charge in [0.15, 0.2) is 5.82 Å². The van der Waals surface area contributed by atoms with Crippen molar-refractivity contribution in [2.75, 3.05) is 0 Å². The molecule has 2 aromatic heterocycles. The molecule has 0 N–H and O–H groups in total. The van der Waals surface area contributed by atoms with Crippen LogP contribution in [-0.4, -0.2) is 15.0 Å². The van der Waals surface area contributed by atoms with E-state index >= 15 is 0 Å². The molecule has 3 heteroatoms. The van der Waals surface area contributed by atoms with Crippen LogP contribution in [0.5, 0.6) is 0 Å². The Balaban J connectivity index is 1.23. The van der Waals surface area contributed by atoms with Gasteiger partial charge in [0.05, 0.1) is 11.4 Å².